The SMILES string of the molecule is Cl.O=C(O)c1nn(-c2ccc(Cl)c(Cl)c2)c(=O)cc1OC1CCNCC1. The second-order valence-electron chi connectivity index (χ2n) is 5.58. The van der Waals surface area contributed by atoms with E-state index >= 15 is 0 Å². The van der Waals surface area contributed by atoms with Crippen molar-refractivity contribution in [2.75, 3.05) is 13.1 Å². The highest BCUT2D eigenvalue weighted by Gasteiger charge is 2.22. The summed E-state index contributed by atoms with van der Waals surface area (Å²) in [7, 11) is 0. The van der Waals surface area contributed by atoms with Gasteiger partial charge in [0.1, 0.15) is 6.10 Å². The van der Waals surface area contributed by atoms with Crippen LogP contribution in [0.4, 0.5) is 0 Å². The predicted octanol–water partition coefficient (Wildman–Crippen LogP) is 2.79. The molecule has 0 spiro atoms. The molecule has 1 saturated heterocycles. The van der Waals surface area contributed by atoms with E-state index in [2.05, 4.69) is 10.4 Å². The fraction of sp³-hybridized carbons (Fsp3) is 0.312. The second kappa shape index (κ2) is 8.73. The molecule has 0 aliphatic carbocycles. The smallest absolute Gasteiger partial charge is 0.360 e. The van der Waals surface area contributed by atoms with E-state index in [1.807, 2.05) is 0 Å². The highest BCUT2D eigenvalue weighted by atomic mass is 35.5. The van der Waals surface area contributed by atoms with Gasteiger partial charge in [-0.2, -0.15) is 9.78 Å². The minimum Gasteiger partial charge on any atom is -0.487 e. The topological polar surface area (TPSA) is 93.5 Å². The van der Waals surface area contributed by atoms with Gasteiger partial charge in [-0.25, -0.2) is 4.79 Å². The third-order valence-electron chi connectivity index (χ3n) is 3.83. The summed E-state index contributed by atoms with van der Waals surface area (Å²) in [5, 5.41) is 17.1. The molecule has 1 aliphatic rings. The molecule has 1 fully saturated rings. The molecule has 7 nitrogen and oxygen atoms in total. The zero-order valence-corrected chi connectivity index (χ0v) is 15.8. The van der Waals surface area contributed by atoms with Crippen molar-refractivity contribution in [1.29, 1.82) is 0 Å². The lowest BCUT2D eigenvalue weighted by Gasteiger charge is -2.24. The number of benzene rings is 1. The fourth-order valence-electron chi connectivity index (χ4n) is 2.57. The first-order chi connectivity index (χ1) is 12.0. The van der Waals surface area contributed by atoms with E-state index in [0.717, 1.165) is 36.7 Å². The molecule has 0 radical (unpaired) electrons. The number of carbonyl (C=O) groups is 1. The highest BCUT2D eigenvalue weighted by Crippen LogP contribution is 2.24. The molecule has 26 heavy (non-hydrogen) atoms. The molecule has 2 N–H and O–H groups in total. The number of halogens is 3. The Bertz CT molecular complexity index is 866. The Morgan fingerprint density at radius 2 is 1.92 bits per heavy atom. The molecule has 0 amide bonds. The molecular weight excluding hydrogens is 405 g/mol. The summed E-state index contributed by atoms with van der Waals surface area (Å²) in [6.45, 7) is 1.56. The van der Waals surface area contributed by atoms with Crippen molar-refractivity contribution in [2.24, 2.45) is 0 Å². The summed E-state index contributed by atoms with van der Waals surface area (Å²) >= 11 is 11.8. The van der Waals surface area contributed by atoms with Crippen molar-refractivity contribution in [2.45, 2.75) is 18.9 Å². The van der Waals surface area contributed by atoms with E-state index in [0.29, 0.717) is 10.7 Å². The Morgan fingerprint density at radius 1 is 1.23 bits per heavy atom. The van der Waals surface area contributed by atoms with Gasteiger partial charge in [0, 0.05) is 0 Å². The van der Waals surface area contributed by atoms with Crippen LogP contribution < -0.4 is 15.6 Å². The maximum absolute atomic E-state index is 12.4. The van der Waals surface area contributed by atoms with Gasteiger partial charge in [0.15, 0.2) is 5.75 Å². The number of aromatic nitrogens is 2. The number of hydrogen-bond donors (Lipinski definition) is 2. The van der Waals surface area contributed by atoms with Crippen molar-refractivity contribution < 1.29 is 14.6 Å². The summed E-state index contributed by atoms with van der Waals surface area (Å²) in [6, 6.07) is 5.62. The van der Waals surface area contributed by atoms with Crippen LogP contribution in [0.1, 0.15) is 23.3 Å². The van der Waals surface area contributed by atoms with Gasteiger partial charge < -0.3 is 15.2 Å². The van der Waals surface area contributed by atoms with Crippen LogP contribution in [0, 0.1) is 0 Å². The first-order valence-electron chi connectivity index (χ1n) is 7.66. The number of piperidine rings is 1. The molecule has 0 saturated carbocycles. The highest BCUT2D eigenvalue weighted by molar-refractivity contribution is 6.42. The normalized spacial score (nSPS) is 14.5. The first kappa shape index (κ1) is 20.5. The maximum Gasteiger partial charge on any atom is 0.360 e. The van der Waals surface area contributed by atoms with Gasteiger partial charge in [-0.15, -0.1) is 12.4 Å². The van der Waals surface area contributed by atoms with E-state index in [9.17, 15) is 14.7 Å². The molecule has 1 aliphatic heterocycles. The minimum absolute atomic E-state index is 0. The largest absolute Gasteiger partial charge is 0.487 e. The number of hydrogen-bond acceptors (Lipinski definition) is 5. The molecule has 2 heterocycles. The summed E-state index contributed by atoms with van der Waals surface area (Å²) in [4.78, 5) is 24.0. The maximum atomic E-state index is 12.4. The number of carboxylic acids is 1. The zero-order chi connectivity index (χ0) is 18.0. The summed E-state index contributed by atoms with van der Waals surface area (Å²) < 4.78 is 6.68. The zero-order valence-electron chi connectivity index (χ0n) is 13.4. The molecule has 10 heteroatoms. The molecular formula is C16H16Cl3N3O4. The molecule has 0 atom stereocenters. The summed E-state index contributed by atoms with van der Waals surface area (Å²) in [5.41, 5.74) is -0.535. The predicted molar refractivity (Wildman–Crippen MR) is 101 cm³/mol. The van der Waals surface area contributed by atoms with Crippen molar-refractivity contribution in [1.82, 2.24) is 15.1 Å². The number of aromatic carboxylic acids is 1. The van der Waals surface area contributed by atoms with Crippen LogP contribution in [0.15, 0.2) is 29.1 Å². The van der Waals surface area contributed by atoms with Crippen LogP contribution in [0.3, 0.4) is 0 Å². The van der Waals surface area contributed by atoms with Gasteiger partial charge in [0.05, 0.1) is 21.8 Å². The van der Waals surface area contributed by atoms with Crippen molar-refractivity contribution >= 4 is 41.6 Å². The van der Waals surface area contributed by atoms with Crippen LogP contribution in [0.5, 0.6) is 5.75 Å². The standard InChI is InChI=1S/C16H15Cl2N3O4.ClH/c17-11-2-1-9(7-12(11)18)21-14(22)8-13(15(20-21)16(23)24)25-10-3-5-19-6-4-10;/h1-2,7-8,10,19H,3-6H2,(H,23,24);1H. The molecule has 2 aromatic rings. The lowest BCUT2D eigenvalue weighted by atomic mass is 10.1. The second-order valence-corrected chi connectivity index (χ2v) is 6.39. The van der Waals surface area contributed by atoms with Crippen LogP contribution in [-0.4, -0.2) is 40.0 Å². The van der Waals surface area contributed by atoms with E-state index in [-0.39, 0.29) is 35.0 Å². The molecule has 0 bridgehead atoms. The molecule has 0 unspecified atom stereocenters. The molecule has 140 valence electrons. The minimum atomic E-state index is -1.28. The van der Waals surface area contributed by atoms with Crippen LogP contribution in [0.25, 0.3) is 5.69 Å². The van der Waals surface area contributed by atoms with Gasteiger partial charge in [0.2, 0.25) is 5.69 Å². The average molecular weight is 421 g/mol. The van der Waals surface area contributed by atoms with Gasteiger partial charge in [-0.1, -0.05) is 23.2 Å². The quantitative estimate of drug-likeness (QED) is 0.790. The van der Waals surface area contributed by atoms with E-state index < -0.39 is 11.5 Å². The third kappa shape index (κ3) is 4.48. The van der Waals surface area contributed by atoms with Crippen LogP contribution in [-0.2, 0) is 0 Å². The van der Waals surface area contributed by atoms with Crippen LogP contribution in [0.2, 0.25) is 10.0 Å². The Morgan fingerprint density at radius 3 is 2.54 bits per heavy atom. The van der Waals surface area contributed by atoms with E-state index in [1.165, 1.54) is 18.2 Å². The Labute approximate surface area is 165 Å². The van der Waals surface area contributed by atoms with Gasteiger partial charge in [-0.3, -0.25) is 4.79 Å². The monoisotopic (exact) mass is 419 g/mol. The molecule has 3 rings (SSSR count). The first-order valence-corrected chi connectivity index (χ1v) is 8.42. The van der Waals surface area contributed by atoms with Gasteiger partial charge >= 0.3 is 5.97 Å². The van der Waals surface area contributed by atoms with Crippen LogP contribution >= 0.6 is 35.6 Å². The Balaban J connectivity index is 0.00000243. The number of ether oxygens (including phenoxy) is 1. The average Bonchev–Trinajstić information content (AvgIpc) is 2.58. The van der Waals surface area contributed by atoms with E-state index in [1.54, 1.807) is 0 Å². The molecule has 1 aromatic heterocycles. The van der Waals surface area contributed by atoms with Gasteiger partial charge in [0.25, 0.3) is 5.56 Å². The van der Waals surface area contributed by atoms with Crippen molar-refractivity contribution in [3.05, 3.63) is 50.4 Å². The van der Waals surface area contributed by atoms with Crippen molar-refractivity contribution in [3.63, 3.8) is 0 Å². The molecule has 1 aromatic carbocycles. The number of carboxylic acid groups (broad SMARTS) is 1. The van der Waals surface area contributed by atoms with Gasteiger partial charge in [-0.05, 0) is 44.1 Å². The number of rotatable bonds is 4. The Hall–Kier alpha value is -1.80. The summed E-state index contributed by atoms with van der Waals surface area (Å²) in [6.07, 6.45) is 1.31. The summed E-state index contributed by atoms with van der Waals surface area (Å²) in [5.74, 6) is -1.31. The Kier molecular flexibility index (Phi) is 6.88. The fourth-order valence-corrected chi connectivity index (χ4v) is 2.87. The number of nitrogens with one attached hydrogen (secondary N) is 1. The lowest BCUT2D eigenvalue weighted by molar-refractivity contribution is 0.0676. The van der Waals surface area contributed by atoms with E-state index in [4.69, 9.17) is 27.9 Å². The third-order valence-corrected chi connectivity index (χ3v) is 4.57. The van der Waals surface area contributed by atoms with Crippen molar-refractivity contribution in [3.8, 4) is 11.4 Å². The number of nitrogens with zero attached hydrogens (tertiary/aromatic N) is 2. The lowest BCUT2D eigenvalue weighted by Crippen LogP contribution is -2.35.